The van der Waals surface area contributed by atoms with Gasteiger partial charge in [-0.2, -0.15) is 23.4 Å². The van der Waals surface area contributed by atoms with E-state index in [1.807, 2.05) is 0 Å². The molecule has 1 aliphatic rings. The van der Waals surface area contributed by atoms with Crippen molar-refractivity contribution < 1.29 is 17.4 Å². The molecule has 0 aromatic carbocycles. The second-order valence-corrected chi connectivity index (χ2v) is 5.59. The Balaban J connectivity index is 2.22. The van der Waals surface area contributed by atoms with Crippen molar-refractivity contribution in [3.05, 3.63) is 29.6 Å². The van der Waals surface area contributed by atoms with Crippen molar-refractivity contribution in [2.75, 3.05) is 5.75 Å². The minimum Gasteiger partial charge on any atom is -0.259 e. The van der Waals surface area contributed by atoms with Crippen molar-refractivity contribution in [1.29, 1.82) is 5.26 Å². The highest BCUT2D eigenvalue weighted by Gasteiger charge is 2.34. The smallest absolute Gasteiger partial charge is 0.259 e. The number of pyridine rings is 1. The fraction of sp³-hybridized carbons (Fsp3) is 0.364. The number of hydrogen-bond acceptors (Lipinski definition) is 4. The molecule has 0 amide bonds. The molecule has 1 aliphatic heterocycles. The van der Waals surface area contributed by atoms with Gasteiger partial charge in [0.2, 0.25) is 6.19 Å². The predicted molar refractivity (Wildman–Crippen MR) is 62.7 cm³/mol. The van der Waals surface area contributed by atoms with Crippen LogP contribution in [0.1, 0.15) is 22.9 Å². The van der Waals surface area contributed by atoms with Gasteiger partial charge < -0.3 is 0 Å². The molecule has 0 saturated carbocycles. The van der Waals surface area contributed by atoms with Crippen LogP contribution >= 0.6 is 0 Å². The summed E-state index contributed by atoms with van der Waals surface area (Å²) < 4.78 is 48.9. The number of nitriles is 1. The predicted octanol–water partition coefficient (Wildman–Crippen LogP) is 2.22. The van der Waals surface area contributed by atoms with Crippen LogP contribution in [0.2, 0.25) is 0 Å². The maximum absolute atomic E-state index is 12.4. The molecule has 8 heteroatoms. The first-order chi connectivity index (χ1) is 8.91. The zero-order chi connectivity index (χ0) is 14.0. The maximum atomic E-state index is 12.4. The van der Waals surface area contributed by atoms with Gasteiger partial charge in [-0.25, -0.2) is 0 Å². The first-order valence-electron chi connectivity index (χ1n) is 5.26. The summed E-state index contributed by atoms with van der Waals surface area (Å²) in [5.41, 5.74) is -0.00820. The van der Waals surface area contributed by atoms with Crippen LogP contribution in [0.15, 0.2) is 23.3 Å². The molecule has 100 valence electrons. The molecule has 0 radical (unpaired) electrons. The van der Waals surface area contributed by atoms with E-state index in [4.69, 9.17) is 5.26 Å². The van der Waals surface area contributed by atoms with Gasteiger partial charge in [0.15, 0.2) is 0 Å². The van der Waals surface area contributed by atoms with Gasteiger partial charge in [0.25, 0.3) is 0 Å². The van der Waals surface area contributed by atoms with E-state index in [0.717, 1.165) is 12.3 Å². The largest absolute Gasteiger partial charge is 0.433 e. The lowest BCUT2D eigenvalue weighted by atomic mass is 10.1. The first-order valence-corrected chi connectivity index (χ1v) is 6.65. The number of halogens is 3. The van der Waals surface area contributed by atoms with Gasteiger partial charge in [0, 0.05) is 29.1 Å². The molecule has 1 saturated heterocycles. The Morgan fingerprint density at radius 2 is 2.21 bits per heavy atom. The minimum atomic E-state index is -4.49. The van der Waals surface area contributed by atoms with Gasteiger partial charge in [-0.3, -0.25) is 9.19 Å². The Morgan fingerprint density at radius 1 is 1.47 bits per heavy atom. The van der Waals surface area contributed by atoms with Gasteiger partial charge >= 0.3 is 6.18 Å². The second kappa shape index (κ2) is 5.09. The topological polar surface area (TPSA) is 66.1 Å². The fourth-order valence-electron chi connectivity index (χ4n) is 1.81. The van der Waals surface area contributed by atoms with Crippen molar-refractivity contribution in [3.63, 3.8) is 0 Å². The Bertz CT molecular complexity index is 574. The van der Waals surface area contributed by atoms with Gasteiger partial charge in [-0.15, -0.1) is 0 Å². The molecular formula is C11H8F3N3OS. The van der Waals surface area contributed by atoms with Crippen molar-refractivity contribution in [2.24, 2.45) is 4.99 Å². The molecule has 0 bridgehead atoms. The summed E-state index contributed by atoms with van der Waals surface area (Å²) in [4.78, 5) is 6.87. The van der Waals surface area contributed by atoms with E-state index in [0.29, 0.717) is 17.7 Å². The van der Waals surface area contributed by atoms with E-state index >= 15 is 0 Å². The highest BCUT2D eigenvalue weighted by atomic mass is 32.2. The Hall–Kier alpha value is -1.75. The van der Waals surface area contributed by atoms with Crippen molar-refractivity contribution in [2.45, 2.75) is 17.8 Å². The summed E-state index contributed by atoms with van der Waals surface area (Å²) in [5, 5.41) is 7.98. The normalized spacial score (nSPS) is 25.5. The fourth-order valence-corrected chi connectivity index (χ4v) is 3.35. The molecule has 0 spiro atoms. The number of rotatable bonds is 1. The van der Waals surface area contributed by atoms with E-state index in [1.165, 1.54) is 6.07 Å². The van der Waals surface area contributed by atoms with Crippen LogP contribution in [0.25, 0.3) is 0 Å². The average Bonchev–Trinajstić information content (AvgIpc) is 2.70. The van der Waals surface area contributed by atoms with Crippen LogP contribution in [0, 0.1) is 11.5 Å². The number of nitrogens with zero attached hydrogens (tertiary/aromatic N) is 3. The van der Waals surface area contributed by atoms with Crippen LogP contribution in [0.3, 0.4) is 0 Å². The molecule has 2 unspecified atom stereocenters. The molecule has 2 heterocycles. The Kier molecular flexibility index (Phi) is 3.66. The van der Waals surface area contributed by atoms with Crippen LogP contribution in [0.4, 0.5) is 13.2 Å². The summed E-state index contributed by atoms with van der Waals surface area (Å²) in [6.45, 7) is 0. The molecule has 0 aliphatic carbocycles. The lowest BCUT2D eigenvalue weighted by Crippen LogP contribution is -2.09. The van der Waals surface area contributed by atoms with Crippen molar-refractivity contribution >= 4 is 16.5 Å². The van der Waals surface area contributed by atoms with Crippen LogP contribution in [-0.4, -0.2) is 20.7 Å². The van der Waals surface area contributed by atoms with Gasteiger partial charge in [0.05, 0.1) is 11.0 Å². The summed E-state index contributed by atoms with van der Waals surface area (Å²) in [7, 11) is -1.27. The molecular weight excluding hydrogens is 279 g/mol. The quantitative estimate of drug-likeness (QED) is 0.744. The summed E-state index contributed by atoms with van der Waals surface area (Å²) in [6.07, 6.45) is -1.47. The SMILES string of the molecule is N#CN=C1CC(c2ccc(C(F)(F)F)nc2)S(=O)C1. The van der Waals surface area contributed by atoms with E-state index in [9.17, 15) is 17.4 Å². The zero-order valence-corrected chi connectivity index (χ0v) is 10.3. The van der Waals surface area contributed by atoms with E-state index < -0.39 is 27.9 Å². The molecule has 0 N–H and O–H groups in total. The van der Waals surface area contributed by atoms with Gasteiger partial charge in [-0.05, 0) is 11.6 Å². The number of hydrogen-bond donors (Lipinski definition) is 0. The molecule has 2 rings (SSSR count). The summed E-state index contributed by atoms with van der Waals surface area (Å²) in [5.74, 6) is 0.180. The number of aliphatic imine (C=N–C) groups is 1. The number of aromatic nitrogens is 1. The summed E-state index contributed by atoms with van der Waals surface area (Å²) in [6, 6.07) is 2.14. The molecule has 1 fully saturated rings. The number of alkyl halides is 3. The lowest BCUT2D eigenvalue weighted by molar-refractivity contribution is -0.141. The van der Waals surface area contributed by atoms with Crippen LogP contribution < -0.4 is 0 Å². The zero-order valence-electron chi connectivity index (χ0n) is 9.52. The highest BCUT2D eigenvalue weighted by molar-refractivity contribution is 7.86. The van der Waals surface area contributed by atoms with Crippen molar-refractivity contribution in [3.8, 4) is 6.19 Å². The van der Waals surface area contributed by atoms with E-state index in [-0.39, 0.29) is 5.75 Å². The molecule has 19 heavy (non-hydrogen) atoms. The first kappa shape index (κ1) is 13.7. The van der Waals surface area contributed by atoms with Crippen LogP contribution in [0.5, 0.6) is 0 Å². The lowest BCUT2D eigenvalue weighted by Gasteiger charge is -2.10. The monoisotopic (exact) mass is 287 g/mol. The van der Waals surface area contributed by atoms with E-state index in [1.54, 1.807) is 6.19 Å². The summed E-state index contributed by atoms with van der Waals surface area (Å²) >= 11 is 0. The Morgan fingerprint density at radius 3 is 2.74 bits per heavy atom. The second-order valence-electron chi connectivity index (χ2n) is 3.97. The third-order valence-corrected chi connectivity index (χ3v) is 4.40. The highest BCUT2D eigenvalue weighted by Crippen LogP contribution is 2.32. The van der Waals surface area contributed by atoms with Gasteiger partial charge in [0.1, 0.15) is 5.69 Å². The average molecular weight is 287 g/mol. The molecule has 1 aromatic rings. The molecule has 4 nitrogen and oxygen atoms in total. The van der Waals surface area contributed by atoms with Crippen LogP contribution in [-0.2, 0) is 17.0 Å². The maximum Gasteiger partial charge on any atom is 0.433 e. The van der Waals surface area contributed by atoms with Gasteiger partial charge in [-0.1, -0.05) is 6.07 Å². The minimum absolute atomic E-state index is 0.180. The standard InChI is InChI=1S/C11H8F3N3OS/c12-11(13,14)10-2-1-7(4-16-10)9-3-8(17-6-15)5-19(9)18/h1-2,4,9H,3,5H2. The molecule has 1 aromatic heterocycles. The Labute approximate surface area is 109 Å². The third-order valence-electron chi connectivity index (χ3n) is 2.70. The third kappa shape index (κ3) is 2.98. The van der Waals surface area contributed by atoms with E-state index in [2.05, 4.69) is 9.98 Å². The van der Waals surface area contributed by atoms with Crippen molar-refractivity contribution in [1.82, 2.24) is 4.98 Å². The molecule has 2 atom stereocenters.